The van der Waals surface area contributed by atoms with Crippen molar-refractivity contribution in [3.8, 4) is 0 Å². The summed E-state index contributed by atoms with van der Waals surface area (Å²) in [4.78, 5) is 10.5. The van der Waals surface area contributed by atoms with Crippen LogP contribution in [-0.2, 0) is 16.1 Å². The van der Waals surface area contributed by atoms with Crippen LogP contribution >= 0.6 is 0 Å². The van der Waals surface area contributed by atoms with Crippen molar-refractivity contribution in [1.82, 2.24) is 0 Å². The highest BCUT2D eigenvalue weighted by Crippen LogP contribution is 2.04. The second kappa shape index (κ2) is 11.8. The number of hydrogen-bond donors (Lipinski definition) is 0. The first-order valence-corrected chi connectivity index (χ1v) is 5.87. The van der Waals surface area contributed by atoms with Gasteiger partial charge in [-0.25, -0.2) is 0 Å². The van der Waals surface area contributed by atoms with E-state index < -0.39 is 0 Å². The van der Waals surface area contributed by atoms with Gasteiger partial charge in [-0.1, -0.05) is 57.5 Å². The van der Waals surface area contributed by atoms with Gasteiger partial charge in [-0.2, -0.15) is 0 Å². The van der Waals surface area contributed by atoms with Crippen LogP contribution in [0.5, 0.6) is 0 Å². The van der Waals surface area contributed by atoms with Gasteiger partial charge in [-0.05, 0) is 12.5 Å². The molecule has 1 aromatic carbocycles. The minimum absolute atomic E-state index is 0.239. The molecule has 0 aromatic heterocycles. The molecule has 0 aliphatic carbocycles. The van der Waals surface area contributed by atoms with E-state index in [0.29, 0.717) is 6.61 Å². The van der Waals surface area contributed by atoms with Gasteiger partial charge in [0.05, 0.1) is 0 Å². The van der Waals surface area contributed by atoms with Crippen molar-refractivity contribution in [2.75, 3.05) is 0 Å². The zero-order valence-corrected chi connectivity index (χ0v) is 11.3. The van der Waals surface area contributed by atoms with Crippen LogP contribution in [0.3, 0.4) is 0 Å². The molecular weight excluding hydrogens is 200 g/mol. The Morgan fingerprint density at radius 1 is 1.19 bits per heavy atom. The predicted molar refractivity (Wildman–Crippen MR) is 69.3 cm³/mol. The van der Waals surface area contributed by atoms with Crippen LogP contribution in [-0.4, -0.2) is 5.97 Å². The van der Waals surface area contributed by atoms with Crippen molar-refractivity contribution in [1.29, 1.82) is 0 Å². The molecular formula is C14H24O2. The maximum Gasteiger partial charge on any atom is 0.302 e. The third-order valence-electron chi connectivity index (χ3n) is 1.52. The molecule has 2 nitrogen and oxygen atoms in total. The third-order valence-corrected chi connectivity index (χ3v) is 1.52. The summed E-state index contributed by atoms with van der Waals surface area (Å²) in [6.07, 6.45) is 0. The van der Waals surface area contributed by atoms with Gasteiger partial charge in [-0.3, -0.25) is 4.79 Å². The molecule has 0 spiro atoms. The highest BCUT2D eigenvalue weighted by molar-refractivity contribution is 5.65. The largest absolute Gasteiger partial charge is 0.461 e. The number of carbonyl (C=O) groups is 1. The van der Waals surface area contributed by atoms with E-state index in [-0.39, 0.29) is 5.97 Å². The molecule has 2 heteroatoms. The average molecular weight is 224 g/mol. The van der Waals surface area contributed by atoms with E-state index in [4.69, 9.17) is 4.74 Å². The molecule has 0 atom stereocenters. The van der Waals surface area contributed by atoms with E-state index in [0.717, 1.165) is 5.56 Å². The molecule has 0 aliphatic heterocycles. The van der Waals surface area contributed by atoms with Gasteiger partial charge in [0.15, 0.2) is 0 Å². The summed E-state index contributed by atoms with van der Waals surface area (Å²) in [7, 11) is 0. The Bertz CT molecular complexity index is 280. The van der Waals surface area contributed by atoms with Crippen LogP contribution < -0.4 is 0 Å². The van der Waals surface area contributed by atoms with E-state index >= 15 is 0 Å². The Morgan fingerprint density at radius 3 is 2.19 bits per heavy atom. The zero-order valence-electron chi connectivity index (χ0n) is 11.3. The van der Waals surface area contributed by atoms with Crippen molar-refractivity contribution in [3.05, 3.63) is 35.4 Å². The zero-order chi connectivity index (χ0) is 13.0. The molecule has 1 rings (SSSR count). The van der Waals surface area contributed by atoms with Crippen molar-refractivity contribution in [3.63, 3.8) is 0 Å². The van der Waals surface area contributed by atoms with Crippen LogP contribution in [0.15, 0.2) is 24.3 Å². The topological polar surface area (TPSA) is 26.3 Å². The molecule has 0 radical (unpaired) electrons. The standard InChI is InChI=1S/C10H12O2.2C2H6/c1-8-4-3-5-10(6-8)7-12-9(2)11;2*1-2/h3-6H,7H2,1-2H3;2*1-2H3. The van der Waals surface area contributed by atoms with Crippen molar-refractivity contribution in [2.45, 2.75) is 48.1 Å². The Balaban J connectivity index is 0. The van der Waals surface area contributed by atoms with Crippen LogP contribution in [0.25, 0.3) is 0 Å². The Morgan fingerprint density at radius 2 is 1.75 bits per heavy atom. The number of aryl methyl sites for hydroxylation is 1. The van der Waals surface area contributed by atoms with E-state index in [1.807, 2.05) is 58.9 Å². The summed E-state index contributed by atoms with van der Waals surface area (Å²) < 4.78 is 4.84. The van der Waals surface area contributed by atoms with Crippen molar-refractivity contribution < 1.29 is 9.53 Å². The number of rotatable bonds is 2. The summed E-state index contributed by atoms with van der Waals surface area (Å²) in [5.41, 5.74) is 2.21. The van der Waals surface area contributed by atoms with E-state index in [9.17, 15) is 4.79 Å². The lowest BCUT2D eigenvalue weighted by Gasteiger charge is -2.02. The molecule has 92 valence electrons. The van der Waals surface area contributed by atoms with Gasteiger partial charge >= 0.3 is 5.97 Å². The summed E-state index contributed by atoms with van der Waals surface area (Å²) in [6.45, 7) is 11.8. The summed E-state index contributed by atoms with van der Waals surface area (Å²) in [6, 6.07) is 7.91. The first-order valence-electron chi connectivity index (χ1n) is 5.87. The molecule has 0 unspecified atom stereocenters. The van der Waals surface area contributed by atoms with Crippen LogP contribution in [0, 0.1) is 6.92 Å². The quantitative estimate of drug-likeness (QED) is 0.707. The molecule has 0 aliphatic rings. The fourth-order valence-corrected chi connectivity index (χ4v) is 0.987. The van der Waals surface area contributed by atoms with Crippen molar-refractivity contribution >= 4 is 5.97 Å². The molecule has 0 saturated heterocycles. The predicted octanol–water partition coefficient (Wildman–Crippen LogP) is 4.11. The number of carbonyl (C=O) groups excluding carboxylic acids is 1. The van der Waals surface area contributed by atoms with E-state index in [1.54, 1.807) is 0 Å². The first-order chi connectivity index (χ1) is 7.68. The van der Waals surface area contributed by atoms with Gasteiger partial charge < -0.3 is 4.74 Å². The lowest BCUT2D eigenvalue weighted by Crippen LogP contribution is -1.98. The minimum atomic E-state index is -0.239. The van der Waals surface area contributed by atoms with Gasteiger partial charge in [0.1, 0.15) is 6.61 Å². The van der Waals surface area contributed by atoms with Crippen LogP contribution in [0.1, 0.15) is 45.7 Å². The normalized spacial score (nSPS) is 7.88. The smallest absolute Gasteiger partial charge is 0.302 e. The number of ether oxygens (including phenoxy) is 1. The second-order valence-corrected chi connectivity index (χ2v) is 2.77. The highest BCUT2D eigenvalue weighted by atomic mass is 16.5. The molecule has 16 heavy (non-hydrogen) atoms. The summed E-state index contributed by atoms with van der Waals surface area (Å²) >= 11 is 0. The molecule has 0 fully saturated rings. The van der Waals surface area contributed by atoms with Crippen LogP contribution in [0.4, 0.5) is 0 Å². The van der Waals surface area contributed by atoms with Gasteiger partial charge in [0, 0.05) is 6.92 Å². The monoisotopic (exact) mass is 224 g/mol. The molecule has 0 bridgehead atoms. The Labute approximate surface area is 99.6 Å². The highest BCUT2D eigenvalue weighted by Gasteiger charge is 1.95. The molecule has 0 N–H and O–H groups in total. The van der Waals surface area contributed by atoms with E-state index in [1.165, 1.54) is 12.5 Å². The maximum absolute atomic E-state index is 10.5. The lowest BCUT2D eigenvalue weighted by atomic mass is 10.1. The average Bonchev–Trinajstić information content (AvgIpc) is 2.32. The summed E-state index contributed by atoms with van der Waals surface area (Å²) in [5.74, 6) is -0.239. The Hall–Kier alpha value is -1.31. The Kier molecular flexibility index (Phi) is 12.6. The maximum atomic E-state index is 10.5. The molecule has 0 amide bonds. The van der Waals surface area contributed by atoms with Gasteiger partial charge in [0.2, 0.25) is 0 Å². The second-order valence-electron chi connectivity index (χ2n) is 2.77. The van der Waals surface area contributed by atoms with Gasteiger partial charge in [0.25, 0.3) is 0 Å². The van der Waals surface area contributed by atoms with E-state index in [2.05, 4.69) is 0 Å². The number of hydrogen-bond acceptors (Lipinski definition) is 2. The molecule has 0 heterocycles. The molecule has 0 saturated carbocycles. The van der Waals surface area contributed by atoms with Crippen LogP contribution in [0.2, 0.25) is 0 Å². The first kappa shape index (κ1) is 17.1. The fraction of sp³-hybridized carbons (Fsp3) is 0.500. The summed E-state index contributed by atoms with van der Waals surface area (Å²) in [5, 5.41) is 0. The third kappa shape index (κ3) is 9.25. The van der Waals surface area contributed by atoms with Gasteiger partial charge in [-0.15, -0.1) is 0 Å². The lowest BCUT2D eigenvalue weighted by molar-refractivity contribution is -0.142. The fourth-order valence-electron chi connectivity index (χ4n) is 0.987. The number of benzene rings is 1. The van der Waals surface area contributed by atoms with Crippen molar-refractivity contribution in [2.24, 2.45) is 0 Å². The minimum Gasteiger partial charge on any atom is -0.461 e. The number of esters is 1. The SMILES string of the molecule is CC.CC.CC(=O)OCc1cccc(C)c1. The molecule has 1 aromatic rings.